The van der Waals surface area contributed by atoms with Crippen molar-refractivity contribution in [1.29, 1.82) is 0 Å². The van der Waals surface area contributed by atoms with Crippen LogP contribution in [0.25, 0.3) is 0 Å². The molecule has 1 amide bonds. The average Bonchev–Trinajstić information content (AvgIpc) is 3.42. The smallest absolute Gasteiger partial charge is 0.246 e. The van der Waals surface area contributed by atoms with Crippen molar-refractivity contribution in [1.82, 2.24) is 20.4 Å². The van der Waals surface area contributed by atoms with E-state index in [2.05, 4.69) is 56.4 Å². The van der Waals surface area contributed by atoms with Gasteiger partial charge in [0.1, 0.15) is 6.54 Å². The molecule has 1 aromatic heterocycles. The second-order valence-corrected chi connectivity index (χ2v) is 7.88. The largest absolute Gasteiger partial charge is 0.356 e. The van der Waals surface area contributed by atoms with Gasteiger partial charge in [-0.15, -0.1) is 24.0 Å². The summed E-state index contributed by atoms with van der Waals surface area (Å²) < 4.78 is 1.60. The van der Waals surface area contributed by atoms with E-state index in [0.717, 1.165) is 23.8 Å². The number of carbonyl (C=O) groups excluding carboxylic acids is 1. The number of rotatable bonds is 8. The van der Waals surface area contributed by atoms with Crippen LogP contribution in [0, 0.1) is 0 Å². The summed E-state index contributed by atoms with van der Waals surface area (Å²) in [6.45, 7) is 1.66. The van der Waals surface area contributed by atoms with Crippen LogP contribution in [-0.2, 0) is 23.3 Å². The quantitative estimate of drug-likeness (QED) is 0.230. The molecule has 1 aliphatic rings. The van der Waals surface area contributed by atoms with E-state index >= 15 is 0 Å². The van der Waals surface area contributed by atoms with Crippen LogP contribution >= 0.6 is 24.0 Å². The zero-order valence-corrected chi connectivity index (χ0v) is 20.5. The first-order valence-corrected chi connectivity index (χ1v) is 10.5. The van der Waals surface area contributed by atoms with Crippen molar-refractivity contribution in [2.24, 2.45) is 4.99 Å². The summed E-state index contributed by atoms with van der Waals surface area (Å²) in [4.78, 5) is 16.5. The van der Waals surface area contributed by atoms with Crippen LogP contribution < -0.4 is 16.0 Å². The lowest BCUT2D eigenvalue weighted by Crippen LogP contribution is -2.40. The third-order valence-electron chi connectivity index (χ3n) is 5.59. The number of nitrogens with zero attached hydrogens (tertiary/aromatic N) is 3. The van der Waals surface area contributed by atoms with Crippen molar-refractivity contribution in [3.63, 3.8) is 0 Å². The highest BCUT2D eigenvalue weighted by Gasteiger charge is 2.43. The summed E-state index contributed by atoms with van der Waals surface area (Å²) in [5.74, 6) is 0.664. The van der Waals surface area contributed by atoms with Gasteiger partial charge in [0.2, 0.25) is 5.91 Å². The molecular weight excluding hydrogens is 515 g/mol. The number of benzene rings is 2. The summed E-state index contributed by atoms with van der Waals surface area (Å²) in [7, 11) is 1.78. The maximum absolute atomic E-state index is 12.2. The van der Waals surface area contributed by atoms with Crippen molar-refractivity contribution >= 4 is 41.5 Å². The molecular formula is C24H29IN6O. The second kappa shape index (κ2) is 11.1. The first-order chi connectivity index (χ1) is 15.2. The Balaban J connectivity index is 0.00000289. The van der Waals surface area contributed by atoms with Gasteiger partial charge >= 0.3 is 0 Å². The van der Waals surface area contributed by atoms with Crippen molar-refractivity contribution in [2.75, 3.05) is 18.9 Å². The highest BCUT2D eigenvalue weighted by Crippen LogP contribution is 2.47. The van der Waals surface area contributed by atoms with Crippen molar-refractivity contribution in [2.45, 2.75) is 31.3 Å². The van der Waals surface area contributed by atoms with E-state index in [-0.39, 0.29) is 41.8 Å². The second-order valence-electron chi connectivity index (χ2n) is 7.88. The van der Waals surface area contributed by atoms with Gasteiger partial charge in [0.05, 0.1) is 0 Å². The minimum absolute atomic E-state index is 0. The maximum Gasteiger partial charge on any atom is 0.246 e. The Morgan fingerprint density at radius 2 is 1.91 bits per heavy atom. The van der Waals surface area contributed by atoms with E-state index in [9.17, 15) is 4.79 Å². The number of guanidine groups is 1. The zero-order valence-electron chi connectivity index (χ0n) is 18.1. The number of amides is 1. The summed E-state index contributed by atoms with van der Waals surface area (Å²) >= 11 is 0. The molecule has 0 aliphatic heterocycles. The molecule has 7 nitrogen and oxygen atoms in total. The van der Waals surface area contributed by atoms with Crippen LogP contribution in [0.4, 0.5) is 5.69 Å². The minimum atomic E-state index is -0.109. The number of hydrogen-bond acceptors (Lipinski definition) is 3. The van der Waals surface area contributed by atoms with Crippen LogP contribution in [0.2, 0.25) is 0 Å². The molecule has 0 radical (unpaired) electrons. The van der Waals surface area contributed by atoms with Crippen LogP contribution in [0.1, 0.15) is 24.0 Å². The molecule has 0 spiro atoms. The molecule has 0 bridgehead atoms. The molecule has 0 atom stereocenters. The van der Waals surface area contributed by atoms with E-state index in [1.807, 2.05) is 24.3 Å². The molecule has 4 rings (SSSR count). The van der Waals surface area contributed by atoms with Crippen LogP contribution in [0.15, 0.2) is 78.0 Å². The third-order valence-corrected chi connectivity index (χ3v) is 5.59. The van der Waals surface area contributed by atoms with E-state index in [1.165, 1.54) is 18.4 Å². The van der Waals surface area contributed by atoms with Gasteiger partial charge in [-0.05, 0) is 42.2 Å². The highest BCUT2D eigenvalue weighted by molar-refractivity contribution is 14.0. The van der Waals surface area contributed by atoms with Gasteiger partial charge in [-0.1, -0.05) is 42.5 Å². The molecule has 168 valence electrons. The Kier molecular flexibility index (Phi) is 8.26. The summed E-state index contributed by atoms with van der Waals surface area (Å²) in [5, 5.41) is 13.8. The average molecular weight is 544 g/mol. The Morgan fingerprint density at radius 3 is 2.59 bits per heavy atom. The van der Waals surface area contributed by atoms with Crippen molar-refractivity contribution in [3.05, 3.63) is 84.2 Å². The summed E-state index contributed by atoms with van der Waals surface area (Å²) in [6, 6.07) is 20.3. The van der Waals surface area contributed by atoms with Crippen LogP contribution in [-0.4, -0.2) is 35.2 Å². The molecule has 1 saturated carbocycles. The van der Waals surface area contributed by atoms with Crippen LogP contribution in [0.5, 0.6) is 0 Å². The van der Waals surface area contributed by atoms with Gasteiger partial charge in [-0.3, -0.25) is 14.5 Å². The van der Waals surface area contributed by atoms with Crippen molar-refractivity contribution in [3.8, 4) is 0 Å². The number of aliphatic imine (C=N–C) groups is 1. The number of aromatic nitrogens is 2. The van der Waals surface area contributed by atoms with Gasteiger partial charge in [0.15, 0.2) is 5.96 Å². The highest BCUT2D eigenvalue weighted by atomic mass is 127. The summed E-state index contributed by atoms with van der Waals surface area (Å²) in [5.41, 5.74) is 3.43. The van der Waals surface area contributed by atoms with Gasteiger partial charge in [-0.2, -0.15) is 5.10 Å². The molecule has 1 heterocycles. The first kappa shape index (κ1) is 23.8. The minimum Gasteiger partial charge on any atom is -0.356 e. The van der Waals surface area contributed by atoms with Gasteiger partial charge in [0.25, 0.3) is 0 Å². The monoisotopic (exact) mass is 544 g/mol. The fourth-order valence-electron chi connectivity index (χ4n) is 3.67. The Morgan fingerprint density at radius 1 is 1.09 bits per heavy atom. The molecule has 32 heavy (non-hydrogen) atoms. The fourth-order valence-corrected chi connectivity index (χ4v) is 3.67. The fraction of sp³-hybridized carbons (Fsp3) is 0.292. The standard InChI is InChI=1S/C24H28N6O.HI/c1-25-23(27-18-24(11-12-24)20-8-3-2-4-9-20)26-16-19-7-5-10-21(15-19)29-22(31)17-30-14-6-13-28-30;/h2-10,13-15H,11-12,16-18H2,1H3,(H,29,31)(H2,25,26,27);1H. The molecule has 3 N–H and O–H groups in total. The lowest BCUT2D eigenvalue weighted by molar-refractivity contribution is -0.116. The molecule has 8 heteroatoms. The summed E-state index contributed by atoms with van der Waals surface area (Å²) in [6.07, 6.45) is 5.82. The van der Waals surface area contributed by atoms with E-state index < -0.39 is 0 Å². The molecule has 2 aromatic carbocycles. The SMILES string of the molecule is CN=C(NCc1cccc(NC(=O)Cn2cccn2)c1)NCC1(c2ccccc2)CC1.I. The topological polar surface area (TPSA) is 83.3 Å². The Hall–Kier alpha value is -2.88. The number of carbonyl (C=O) groups is 1. The molecule has 0 unspecified atom stereocenters. The molecule has 1 aliphatic carbocycles. The normalized spacial score (nSPS) is 14.2. The Labute approximate surface area is 205 Å². The van der Waals surface area contributed by atoms with Gasteiger partial charge in [-0.25, -0.2) is 0 Å². The van der Waals surface area contributed by atoms with E-state index in [0.29, 0.717) is 6.54 Å². The lowest BCUT2D eigenvalue weighted by atomic mass is 9.96. The molecule has 1 fully saturated rings. The third kappa shape index (κ3) is 6.32. The Bertz CT molecular complexity index is 1030. The van der Waals surface area contributed by atoms with Gasteiger partial charge < -0.3 is 16.0 Å². The number of halogens is 1. The lowest BCUT2D eigenvalue weighted by Gasteiger charge is -2.19. The van der Waals surface area contributed by atoms with Gasteiger partial charge in [0, 0.05) is 43.6 Å². The maximum atomic E-state index is 12.2. The van der Waals surface area contributed by atoms with E-state index in [1.54, 1.807) is 30.2 Å². The number of hydrogen-bond donors (Lipinski definition) is 3. The predicted molar refractivity (Wildman–Crippen MR) is 138 cm³/mol. The molecule has 0 saturated heterocycles. The first-order valence-electron chi connectivity index (χ1n) is 10.5. The predicted octanol–water partition coefficient (Wildman–Crippen LogP) is 3.54. The number of nitrogens with one attached hydrogen (secondary N) is 3. The van der Waals surface area contributed by atoms with Crippen molar-refractivity contribution < 1.29 is 4.79 Å². The molecule has 3 aromatic rings. The van der Waals surface area contributed by atoms with E-state index in [4.69, 9.17) is 0 Å². The number of anilines is 1. The zero-order chi connectivity index (χ0) is 21.5. The van der Waals surface area contributed by atoms with Crippen LogP contribution in [0.3, 0.4) is 0 Å².